The molecule has 0 aliphatic heterocycles. The Balaban J connectivity index is 4.48. The van der Waals surface area contributed by atoms with Crippen molar-refractivity contribution in [2.75, 3.05) is 13.2 Å². The van der Waals surface area contributed by atoms with Crippen LogP contribution in [0.4, 0.5) is 0 Å². The number of unbranched alkanes of at least 4 members (excludes halogenated alkanes) is 21. The van der Waals surface area contributed by atoms with Crippen LogP contribution in [-0.2, 0) is 28.6 Å². The van der Waals surface area contributed by atoms with Crippen molar-refractivity contribution >= 4 is 17.9 Å². The molecular formula is C54H92O6. The molecule has 0 fully saturated rings. The first-order chi connectivity index (χ1) is 29.5. The van der Waals surface area contributed by atoms with Gasteiger partial charge in [0, 0.05) is 19.3 Å². The summed E-state index contributed by atoms with van der Waals surface area (Å²) in [4.78, 5) is 37.9. The van der Waals surface area contributed by atoms with Crippen molar-refractivity contribution in [1.29, 1.82) is 0 Å². The molecule has 6 nitrogen and oxygen atoms in total. The molecule has 0 bridgehead atoms. The zero-order valence-corrected chi connectivity index (χ0v) is 39.2. The largest absolute Gasteiger partial charge is 0.462 e. The first-order valence-electron chi connectivity index (χ1n) is 24.9. The summed E-state index contributed by atoms with van der Waals surface area (Å²) in [5.41, 5.74) is 0. The number of ether oxygens (including phenoxy) is 3. The Morgan fingerprint density at radius 1 is 0.350 bits per heavy atom. The summed E-state index contributed by atoms with van der Waals surface area (Å²) in [6.45, 7) is 6.45. The summed E-state index contributed by atoms with van der Waals surface area (Å²) in [6.07, 6.45) is 60.3. The number of carbonyl (C=O) groups is 3. The standard InChI is InChI=1S/C54H92O6/c1-4-7-10-13-16-19-22-25-26-27-30-32-35-38-41-44-47-53(56)59-50-51(60-54(57)48-45-42-39-36-33-29-24-21-18-15-12-9-6-3)49-58-52(55)46-43-40-37-34-31-28-23-20-17-14-11-8-5-2/h7,10,16,19,25-26,28-33,51H,4-6,8-9,11-15,17-18,20-24,27,34-50H2,1-3H3/b10-7-,19-16-,26-25-,31-28-,32-30-,33-29-. The van der Waals surface area contributed by atoms with Crippen LogP contribution < -0.4 is 0 Å². The van der Waals surface area contributed by atoms with Gasteiger partial charge in [-0.3, -0.25) is 14.4 Å². The first-order valence-corrected chi connectivity index (χ1v) is 24.9. The van der Waals surface area contributed by atoms with Crippen LogP contribution in [0.25, 0.3) is 0 Å². The smallest absolute Gasteiger partial charge is 0.306 e. The van der Waals surface area contributed by atoms with Crippen LogP contribution in [0.5, 0.6) is 0 Å². The molecule has 0 aromatic rings. The monoisotopic (exact) mass is 837 g/mol. The second kappa shape index (κ2) is 48.5. The van der Waals surface area contributed by atoms with E-state index in [2.05, 4.69) is 93.7 Å². The highest BCUT2D eigenvalue weighted by Gasteiger charge is 2.19. The molecule has 1 unspecified atom stereocenters. The molecule has 0 aromatic heterocycles. The topological polar surface area (TPSA) is 78.9 Å². The lowest BCUT2D eigenvalue weighted by Crippen LogP contribution is -2.30. The van der Waals surface area contributed by atoms with E-state index in [-0.39, 0.29) is 31.1 Å². The minimum absolute atomic E-state index is 0.0999. The minimum Gasteiger partial charge on any atom is -0.462 e. The maximum Gasteiger partial charge on any atom is 0.306 e. The lowest BCUT2D eigenvalue weighted by molar-refractivity contribution is -0.167. The number of allylic oxidation sites excluding steroid dienone is 12. The number of hydrogen-bond acceptors (Lipinski definition) is 6. The molecule has 6 heteroatoms. The predicted octanol–water partition coefficient (Wildman–Crippen LogP) is 16.3. The van der Waals surface area contributed by atoms with E-state index in [0.717, 1.165) is 116 Å². The van der Waals surface area contributed by atoms with Crippen molar-refractivity contribution in [3.8, 4) is 0 Å². The van der Waals surface area contributed by atoms with E-state index in [0.29, 0.717) is 19.3 Å². The Labute approximate surface area is 370 Å². The molecule has 0 spiro atoms. The maximum atomic E-state index is 12.8. The Morgan fingerprint density at radius 3 is 1.03 bits per heavy atom. The molecule has 0 aromatic carbocycles. The van der Waals surface area contributed by atoms with Gasteiger partial charge in [-0.1, -0.05) is 177 Å². The molecule has 0 N–H and O–H groups in total. The van der Waals surface area contributed by atoms with Crippen molar-refractivity contribution < 1.29 is 28.6 Å². The molecule has 0 amide bonds. The summed E-state index contributed by atoms with van der Waals surface area (Å²) in [5, 5.41) is 0. The van der Waals surface area contributed by atoms with Crippen LogP contribution in [0.3, 0.4) is 0 Å². The summed E-state index contributed by atoms with van der Waals surface area (Å²) < 4.78 is 16.7. The molecule has 0 heterocycles. The highest BCUT2D eigenvalue weighted by molar-refractivity contribution is 5.71. The van der Waals surface area contributed by atoms with Gasteiger partial charge >= 0.3 is 17.9 Å². The highest BCUT2D eigenvalue weighted by atomic mass is 16.6. The second-order valence-corrected chi connectivity index (χ2v) is 16.3. The summed E-state index contributed by atoms with van der Waals surface area (Å²) >= 11 is 0. The Bertz CT molecular complexity index is 1140. The summed E-state index contributed by atoms with van der Waals surface area (Å²) in [6, 6.07) is 0. The van der Waals surface area contributed by atoms with Crippen molar-refractivity contribution in [2.45, 2.75) is 239 Å². The molecule has 0 saturated heterocycles. The molecular weight excluding hydrogens is 745 g/mol. The third kappa shape index (κ3) is 45.9. The Kier molecular flexibility index (Phi) is 46.0. The van der Waals surface area contributed by atoms with Crippen LogP contribution >= 0.6 is 0 Å². The average molecular weight is 837 g/mol. The molecule has 0 aliphatic carbocycles. The van der Waals surface area contributed by atoms with Crippen LogP contribution in [-0.4, -0.2) is 37.2 Å². The SMILES string of the molecule is CC/C=C\C/C=C\C/C=C\C/C=C\CCCCCC(=O)OCC(COC(=O)CCCCC/C=C\CCCCCCCC)OC(=O)CCCCC/C=C\CCCCCCCC. The zero-order chi connectivity index (χ0) is 43.7. The highest BCUT2D eigenvalue weighted by Crippen LogP contribution is 2.13. The molecule has 344 valence electrons. The van der Waals surface area contributed by atoms with Crippen molar-refractivity contribution in [3.63, 3.8) is 0 Å². The maximum absolute atomic E-state index is 12.8. The van der Waals surface area contributed by atoms with Crippen LogP contribution in [0.1, 0.15) is 233 Å². The molecule has 0 saturated carbocycles. The van der Waals surface area contributed by atoms with E-state index >= 15 is 0 Å². The van der Waals surface area contributed by atoms with Gasteiger partial charge in [-0.05, 0) is 109 Å². The average Bonchev–Trinajstić information content (AvgIpc) is 3.24. The van der Waals surface area contributed by atoms with Crippen LogP contribution in [0.15, 0.2) is 72.9 Å². The third-order valence-corrected chi connectivity index (χ3v) is 10.4. The van der Waals surface area contributed by atoms with Gasteiger partial charge in [-0.15, -0.1) is 0 Å². The molecule has 0 rings (SSSR count). The van der Waals surface area contributed by atoms with Crippen LogP contribution in [0, 0.1) is 0 Å². The van der Waals surface area contributed by atoms with E-state index in [1.165, 1.54) is 77.0 Å². The van der Waals surface area contributed by atoms with E-state index in [1.54, 1.807) is 0 Å². The van der Waals surface area contributed by atoms with E-state index in [4.69, 9.17) is 14.2 Å². The normalized spacial score (nSPS) is 12.7. The summed E-state index contributed by atoms with van der Waals surface area (Å²) in [7, 11) is 0. The van der Waals surface area contributed by atoms with Crippen molar-refractivity contribution in [2.24, 2.45) is 0 Å². The number of carbonyl (C=O) groups excluding carboxylic acids is 3. The molecule has 60 heavy (non-hydrogen) atoms. The van der Waals surface area contributed by atoms with Crippen LogP contribution in [0.2, 0.25) is 0 Å². The van der Waals surface area contributed by atoms with Gasteiger partial charge in [0.2, 0.25) is 0 Å². The number of hydrogen-bond donors (Lipinski definition) is 0. The second-order valence-electron chi connectivity index (χ2n) is 16.3. The van der Waals surface area contributed by atoms with Gasteiger partial charge < -0.3 is 14.2 Å². The van der Waals surface area contributed by atoms with Gasteiger partial charge in [0.25, 0.3) is 0 Å². The van der Waals surface area contributed by atoms with Crippen molar-refractivity contribution in [1.82, 2.24) is 0 Å². The van der Waals surface area contributed by atoms with E-state index < -0.39 is 6.10 Å². The fourth-order valence-electron chi connectivity index (χ4n) is 6.66. The lowest BCUT2D eigenvalue weighted by Gasteiger charge is -2.18. The fourth-order valence-corrected chi connectivity index (χ4v) is 6.66. The summed E-state index contributed by atoms with van der Waals surface area (Å²) in [5.74, 6) is -0.964. The van der Waals surface area contributed by atoms with Gasteiger partial charge in [0.05, 0.1) is 0 Å². The molecule has 0 radical (unpaired) electrons. The van der Waals surface area contributed by atoms with Gasteiger partial charge in [0.15, 0.2) is 6.10 Å². The van der Waals surface area contributed by atoms with Gasteiger partial charge in [0.1, 0.15) is 13.2 Å². The molecule has 1 atom stereocenters. The number of esters is 3. The molecule has 0 aliphatic rings. The lowest BCUT2D eigenvalue weighted by atomic mass is 10.1. The Morgan fingerprint density at radius 2 is 0.650 bits per heavy atom. The predicted molar refractivity (Wildman–Crippen MR) is 256 cm³/mol. The third-order valence-electron chi connectivity index (χ3n) is 10.4. The Hall–Kier alpha value is -3.15. The van der Waals surface area contributed by atoms with E-state index in [9.17, 15) is 14.4 Å². The van der Waals surface area contributed by atoms with Gasteiger partial charge in [-0.2, -0.15) is 0 Å². The van der Waals surface area contributed by atoms with E-state index in [1.807, 2.05) is 0 Å². The first kappa shape index (κ1) is 56.9. The number of rotatable bonds is 44. The quantitative estimate of drug-likeness (QED) is 0.0263. The zero-order valence-electron chi connectivity index (χ0n) is 39.2. The fraction of sp³-hybridized carbons (Fsp3) is 0.722. The van der Waals surface area contributed by atoms with Gasteiger partial charge in [-0.25, -0.2) is 0 Å². The van der Waals surface area contributed by atoms with Crippen molar-refractivity contribution in [3.05, 3.63) is 72.9 Å². The minimum atomic E-state index is -0.801.